The van der Waals surface area contributed by atoms with E-state index < -0.39 is 23.9 Å². The largest absolute Gasteiger partial charge is 0.480 e. The van der Waals surface area contributed by atoms with E-state index in [9.17, 15) is 14.4 Å². The van der Waals surface area contributed by atoms with Gasteiger partial charge >= 0.3 is 11.9 Å². The van der Waals surface area contributed by atoms with Crippen LogP contribution in [0.15, 0.2) is 24.3 Å². The molecule has 0 aromatic heterocycles. The number of hydrogen-bond donors (Lipinski definition) is 3. The molecule has 0 spiro atoms. The summed E-state index contributed by atoms with van der Waals surface area (Å²) in [5.41, 5.74) is 0.105. The van der Waals surface area contributed by atoms with Crippen LogP contribution in [-0.4, -0.2) is 34.7 Å². The number of aliphatic carboxylic acids is 1. The quantitative estimate of drug-likeness (QED) is 0.415. The lowest BCUT2D eigenvalue weighted by atomic mass is 10.1. The van der Waals surface area contributed by atoms with E-state index in [1.54, 1.807) is 12.1 Å². The first-order valence-electron chi connectivity index (χ1n) is 5.87. The Morgan fingerprint density at radius 1 is 1.35 bits per heavy atom. The number of benzene rings is 1. The predicted molar refractivity (Wildman–Crippen MR) is 75.1 cm³/mol. The summed E-state index contributed by atoms with van der Waals surface area (Å²) >= 11 is 3.95. The third kappa shape index (κ3) is 4.58. The monoisotopic (exact) mass is 297 g/mol. The lowest BCUT2D eigenvalue weighted by molar-refractivity contribution is -0.139. The van der Waals surface area contributed by atoms with Gasteiger partial charge in [-0.1, -0.05) is 12.1 Å². The van der Waals surface area contributed by atoms with Gasteiger partial charge in [-0.05, 0) is 24.3 Å². The Kier molecular flexibility index (Phi) is 6.05. The molecule has 1 rings (SSSR count). The average molecular weight is 297 g/mol. The fourth-order valence-electron chi connectivity index (χ4n) is 1.52. The number of amides is 1. The van der Waals surface area contributed by atoms with Crippen molar-refractivity contribution in [2.45, 2.75) is 19.4 Å². The number of para-hydroxylation sites is 1. The van der Waals surface area contributed by atoms with Crippen LogP contribution in [0.3, 0.4) is 0 Å². The van der Waals surface area contributed by atoms with Gasteiger partial charge in [0.15, 0.2) is 0 Å². The van der Waals surface area contributed by atoms with E-state index in [1.165, 1.54) is 19.1 Å². The normalized spacial score (nSPS) is 11.5. The molecule has 0 heterocycles. The van der Waals surface area contributed by atoms with Crippen molar-refractivity contribution in [2.75, 3.05) is 5.75 Å². The number of carbonyl (C=O) groups excluding carboxylic acids is 2. The zero-order valence-electron chi connectivity index (χ0n) is 10.8. The molecule has 0 saturated carbocycles. The number of hydrogen-bond acceptors (Lipinski definition) is 5. The van der Waals surface area contributed by atoms with Crippen molar-refractivity contribution in [3.63, 3.8) is 0 Å². The number of carboxylic acid groups (broad SMARTS) is 1. The van der Waals surface area contributed by atoms with Gasteiger partial charge in [-0.3, -0.25) is 9.59 Å². The second kappa shape index (κ2) is 7.54. The van der Waals surface area contributed by atoms with Crippen molar-refractivity contribution in [1.29, 1.82) is 0 Å². The highest BCUT2D eigenvalue weighted by Crippen LogP contribution is 2.18. The molecule has 1 aromatic rings. The summed E-state index contributed by atoms with van der Waals surface area (Å²) < 4.78 is 4.91. The molecule has 0 aliphatic carbocycles. The third-order valence-corrected chi connectivity index (χ3v) is 2.66. The van der Waals surface area contributed by atoms with Crippen LogP contribution in [0.2, 0.25) is 0 Å². The maximum atomic E-state index is 12.0. The highest BCUT2D eigenvalue weighted by atomic mass is 32.1. The molecule has 0 radical (unpaired) electrons. The molecule has 0 saturated heterocycles. The van der Waals surface area contributed by atoms with Crippen LogP contribution in [0, 0.1) is 0 Å². The van der Waals surface area contributed by atoms with Crippen LogP contribution in [0.1, 0.15) is 23.7 Å². The van der Waals surface area contributed by atoms with Gasteiger partial charge in [-0.25, -0.2) is 4.79 Å². The van der Waals surface area contributed by atoms with Crippen molar-refractivity contribution in [3.05, 3.63) is 29.8 Å². The van der Waals surface area contributed by atoms with E-state index in [1.807, 2.05) is 0 Å². The minimum atomic E-state index is -1.14. The minimum Gasteiger partial charge on any atom is -0.480 e. The van der Waals surface area contributed by atoms with Gasteiger partial charge in [0.2, 0.25) is 0 Å². The van der Waals surface area contributed by atoms with Crippen LogP contribution < -0.4 is 10.1 Å². The zero-order valence-corrected chi connectivity index (χ0v) is 11.7. The summed E-state index contributed by atoms with van der Waals surface area (Å²) in [4.78, 5) is 34.0. The zero-order chi connectivity index (χ0) is 15.1. The maximum absolute atomic E-state index is 12.0. The van der Waals surface area contributed by atoms with Gasteiger partial charge in [0.1, 0.15) is 11.8 Å². The van der Waals surface area contributed by atoms with Crippen LogP contribution in [0.4, 0.5) is 0 Å². The lowest BCUT2D eigenvalue weighted by Crippen LogP contribution is -2.41. The van der Waals surface area contributed by atoms with Crippen molar-refractivity contribution < 1.29 is 24.2 Å². The summed E-state index contributed by atoms with van der Waals surface area (Å²) in [7, 11) is 0. The molecule has 2 N–H and O–H groups in total. The van der Waals surface area contributed by atoms with Gasteiger partial charge in [-0.2, -0.15) is 12.6 Å². The third-order valence-electron chi connectivity index (χ3n) is 2.41. The number of esters is 1. The highest BCUT2D eigenvalue weighted by Gasteiger charge is 2.21. The van der Waals surface area contributed by atoms with Crippen LogP contribution >= 0.6 is 12.6 Å². The summed E-state index contributed by atoms with van der Waals surface area (Å²) in [6, 6.07) is 5.08. The van der Waals surface area contributed by atoms with E-state index in [0.717, 1.165) is 0 Å². The number of ether oxygens (including phenoxy) is 1. The van der Waals surface area contributed by atoms with Gasteiger partial charge in [-0.15, -0.1) is 0 Å². The number of carboxylic acids is 1. The molecule has 20 heavy (non-hydrogen) atoms. The van der Waals surface area contributed by atoms with Crippen molar-refractivity contribution >= 4 is 30.5 Å². The molecular weight excluding hydrogens is 282 g/mol. The van der Waals surface area contributed by atoms with Gasteiger partial charge in [0.05, 0.1) is 5.56 Å². The second-order valence-corrected chi connectivity index (χ2v) is 4.41. The molecule has 1 aromatic carbocycles. The van der Waals surface area contributed by atoms with Crippen molar-refractivity contribution in [2.24, 2.45) is 0 Å². The van der Waals surface area contributed by atoms with Gasteiger partial charge in [0.25, 0.3) is 5.91 Å². The number of rotatable bonds is 6. The Labute approximate surface area is 121 Å². The Bertz CT molecular complexity index is 517. The molecule has 1 amide bonds. The van der Waals surface area contributed by atoms with Crippen LogP contribution in [-0.2, 0) is 9.59 Å². The topological polar surface area (TPSA) is 92.7 Å². The number of thiol groups is 1. The van der Waals surface area contributed by atoms with Crippen LogP contribution in [0.25, 0.3) is 0 Å². The smallest absolute Gasteiger partial charge is 0.326 e. The SMILES string of the molecule is CC(=O)Oc1ccccc1C(=O)NC(CCS)C(=O)O. The average Bonchev–Trinajstić information content (AvgIpc) is 2.37. The Morgan fingerprint density at radius 2 is 2.00 bits per heavy atom. The van der Waals surface area contributed by atoms with Crippen molar-refractivity contribution in [3.8, 4) is 5.75 Å². The summed E-state index contributed by atoms with van der Waals surface area (Å²) in [5.74, 6) is -1.90. The summed E-state index contributed by atoms with van der Waals surface area (Å²) in [6.07, 6.45) is 0.194. The first-order valence-corrected chi connectivity index (χ1v) is 6.51. The van der Waals surface area contributed by atoms with E-state index in [0.29, 0.717) is 5.75 Å². The second-order valence-electron chi connectivity index (χ2n) is 3.97. The molecule has 7 heteroatoms. The fourth-order valence-corrected chi connectivity index (χ4v) is 1.78. The van der Waals surface area contributed by atoms with Gasteiger partial charge in [0, 0.05) is 6.92 Å². The molecular formula is C13H15NO5S. The van der Waals surface area contributed by atoms with E-state index >= 15 is 0 Å². The number of nitrogens with one attached hydrogen (secondary N) is 1. The molecule has 108 valence electrons. The van der Waals surface area contributed by atoms with E-state index in [4.69, 9.17) is 9.84 Å². The van der Waals surface area contributed by atoms with E-state index in [-0.39, 0.29) is 17.7 Å². The lowest BCUT2D eigenvalue weighted by Gasteiger charge is -2.14. The van der Waals surface area contributed by atoms with Gasteiger partial charge < -0.3 is 15.2 Å². The number of carbonyl (C=O) groups is 3. The Balaban J connectivity index is 2.91. The van der Waals surface area contributed by atoms with E-state index in [2.05, 4.69) is 17.9 Å². The Hall–Kier alpha value is -2.02. The Morgan fingerprint density at radius 3 is 2.55 bits per heavy atom. The predicted octanol–water partition coefficient (Wildman–Crippen LogP) is 1.11. The standard InChI is InChI=1S/C13H15NO5S/c1-8(15)19-11-5-3-2-4-9(11)12(16)14-10(6-7-20)13(17)18/h2-5,10,20H,6-7H2,1H3,(H,14,16)(H,17,18). The maximum Gasteiger partial charge on any atom is 0.326 e. The molecule has 0 aliphatic heterocycles. The molecule has 0 bridgehead atoms. The first-order chi connectivity index (χ1) is 9.45. The molecule has 1 unspecified atom stereocenters. The minimum absolute atomic E-state index is 0.0903. The molecule has 6 nitrogen and oxygen atoms in total. The summed E-state index contributed by atoms with van der Waals surface area (Å²) in [6.45, 7) is 1.22. The highest BCUT2D eigenvalue weighted by molar-refractivity contribution is 7.80. The fraction of sp³-hybridized carbons (Fsp3) is 0.308. The molecule has 0 fully saturated rings. The first kappa shape index (κ1) is 16.0. The summed E-state index contributed by atoms with van der Waals surface area (Å²) in [5, 5.41) is 11.3. The molecule has 1 atom stereocenters. The van der Waals surface area contributed by atoms with Crippen LogP contribution in [0.5, 0.6) is 5.75 Å². The molecule has 0 aliphatic rings. The van der Waals surface area contributed by atoms with Crippen molar-refractivity contribution in [1.82, 2.24) is 5.32 Å².